The quantitative estimate of drug-likeness (QED) is 0.938. The molecule has 1 fully saturated rings. The molecule has 0 bridgehead atoms. The number of carbonyl (C=O) groups excluding carboxylic acids is 1. The number of hydrogen-bond donors (Lipinski definition) is 1. The fourth-order valence-corrected chi connectivity index (χ4v) is 2.87. The number of rotatable bonds is 3. The van der Waals surface area contributed by atoms with Gasteiger partial charge in [0.25, 0.3) is 5.91 Å². The Labute approximate surface area is 142 Å². The molecule has 3 rings (SSSR count). The molecule has 4 nitrogen and oxygen atoms in total. The van der Waals surface area contributed by atoms with Crippen LogP contribution in [0.5, 0.6) is 11.5 Å². The Morgan fingerprint density at radius 3 is 2.50 bits per heavy atom. The van der Waals surface area contributed by atoms with Crippen molar-refractivity contribution in [2.24, 2.45) is 0 Å². The van der Waals surface area contributed by atoms with Crippen molar-refractivity contribution < 1.29 is 14.6 Å². The van der Waals surface area contributed by atoms with Crippen LogP contribution in [0.3, 0.4) is 0 Å². The maximum Gasteiger partial charge on any atom is 0.254 e. The second-order valence-corrected chi connectivity index (χ2v) is 7.25. The van der Waals surface area contributed by atoms with Crippen LogP contribution in [-0.4, -0.2) is 35.1 Å². The first-order chi connectivity index (χ1) is 11.3. The van der Waals surface area contributed by atoms with Crippen LogP contribution >= 0.6 is 0 Å². The molecule has 2 aromatic carbocycles. The number of amides is 1. The van der Waals surface area contributed by atoms with Gasteiger partial charge in [0.2, 0.25) is 0 Å². The van der Waals surface area contributed by atoms with E-state index in [9.17, 15) is 9.90 Å². The topological polar surface area (TPSA) is 49.8 Å². The summed E-state index contributed by atoms with van der Waals surface area (Å²) in [5.41, 5.74) is 1.68. The summed E-state index contributed by atoms with van der Waals surface area (Å²) in [5.74, 6) is 0.919. The molecular formula is C20H23NO3. The number of aromatic hydroxyl groups is 1. The zero-order valence-corrected chi connectivity index (χ0v) is 14.3. The molecule has 0 spiro atoms. The van der Waals surface area contributed by atoms with Crippen molar-refractivity contribution in [2.45, 2.75) is 32.3 Å². The number of phenols is 1. The number of hydrogen-bond acceptors (Lipinski definition) is 3. The molecule has 2 aromatic rings. The van der Waals surface area contributed by atoms with Crippen molar-refractivity contribution in [3.05, 3.63) is 59.7 Å². The van der Waals surface area contributed by atoms with Crippen molar-refractivity contribution in [1.82, 2.24) is 4.90 Å². The molecule has 0 saturated carbocycles. The lowest BCUT2D eigenvalue weighted by molar-refractivity contribution is 0.0171. The molecule has 126 valence electrons. The number of carbonyl (C=O) groups is 1. The highest BCUT2D eigenvalue weighted by atomic mass is 16.5. The van der Waals surface area contributed by atoms with Gasteiger partial charge in [0, 0.05) is 5.56 Å². The zero-order valence-electron chi connectivity index (χ0n) is 14.3. The molecule has 1 aliphatic rings. The lowest BCUT2D eigenvalue weighted by Gasteiger charge is -2.39. The first-order valence-electron chi connectivity index (χ1n) is 8.19. The number of ether oxygens (including phenoxy) is 1. The van der Waals surface area contributed by atoms with Gasteiger partial charge in [0.15, 0.2) is 0 Å². The van der Waals surface area contributed by atoms with E-state index in [1.165, 1.54) is 11.6 Å². The van der Waals surface area contributed by atoms with Crippen LogP contribution in [0.15, 0.2) is 48.5 Å². The van der Waals surface area contributed by atoms with Crippen LogP contribution in [0.25, 0.3) is 0 Å². The maximum absolute atomic E-state index is 12.4. The Morgan fingerprint density at radius 2 is 1.83 bits per heavy atom. The summed E-state index contributed by atoms with van der Waals surface area (Å²) in [4.78, 5) is 14.1. The first kappa shape index (κ1) is 16.4. The molecule has 0 atom stereocenters. The number of likely N-dealkylation sites (tertiary alicyclic amines) is 1. The lowest BCUT2D eigenvalue weighted by atomic mass is 9.86. The predicted molar refractivity (Wildman–Crippen MR) is 93.6 cm³/mol. The molecule has 0 aromatic heterocycles. The largest absolute Gasteiger partial charge is 0.508 e. The van der Waals surface area contributed by atoms with Gasteiger partial charge in [-0.1, -0.05) is 45.0 Å². The van der Waals surface area contributed by atoms with Crippen LogP contribution in [-0.2, 0) is 5.41 Å². The Hall–Kier alpha value is -2.49. The summed E-state index contributed by atoms with van der Waals surface area (Å²) in [6.07, 6.45) is 0.00904. The van der Waals surface area contributed by atoms with Crippen LogP contribution in [0, 0.1) is 0 Å². The van der Waals surface area contributed by atoms with Gasteiger partial charge < -0.3 is 14.7 Å². The van der Waals surface area contributed by atoms with Gasteiger partial charge in [0.1, 0.15) is 17.6 Å². The molecule has 1 saturated heterocycles. The molecule has 1 N–H and O–H groups in total. The summed E-state index contributed by atoms with van der Waals surface area (Å²) in [5, 5.41) is 9.49. The average Bonchev–Trinajstić information content (AvgIpc) is 2.49. The number of benzene rings is 2. The molecule has 1 heterocycles. The van der Waals surface area contributed by atoms with Crippen molar-refractivity contribution in [2.75, 3.05) is 13.1 Å². The van der Waals surface area contributed by atoms with Crippen molar-refractivity contribution in [1.29, 1.82) is 0 Å². The van der Waals surface area contributed by atoms with Crippen LogP contribution in [0.2, 0.25) is 0 Å². The standard InChI is InChI=1S/C20H23NO3/c1-20(2,3)17-9-4-5-10-18(17)24-16-12-21(13-16)19(23)14-7-6-8-15(22)11-14/h4-11,16,22H,12-13H2,1-3H3. The summed E-state index contributed by atoms with van der Waals surface area (Å²) in [6.45, 7) is 7.61. The van der Waals surface area contributed by atoms with Gasteiger partial charge in [0.05, 0.1) is 13.1 Å². The smallest absolute Gasteiger partial charge is 0.254 e. The summed E-state index contributed by atoms with van der Waals surface area (Å²) < 4.78 is 6.10. The van der Waals surface area contributed by atoms with Gasteiger partial charge >= 0.3 is 0 Å². The number of nitrogens with zero attached hydrogens (tertiary/aromatic N) is 1. The minimum Gasteiger partial charge on any atom is -0.508 e. The molecule has 1 aliphatic heterocycles. The van der Waals surface area contributed by atoms with E-state index in [1.54, 1.807) is 23.1 Å². The average molecular weight is 325 g/mol. The van der Waals surface area contributed by atoms with E-state index >= 15 is 0 Å². The van der Waals surface area contributed by atoms with E-state index in [2.05, 4.69) is 26.8 Å². The fourth-order valence-electron chi connectivity index (χ4n) is 2.87. The Bertz CT molecular complexity index is 743. The van der Waals surface area contributed by atoms with Gasteiger partial charge in [-0.25, -0.2) is 0 Å². The monoisotopic (exact) mass is 325 g/mol. The second-order valence-electron chi connectivity index (χ2n) is 7.25. The Kier molecular flexibility index (Phi) is 4.22. The second kappa shape index (κ2) is 6.19. The maximum atomic E-state index is 12.4. The first-order valence-corrected chi connectivity index (χ1v) is 8.19. The third-order valence-electron chi connectivity index (χ3n) is 4.22. The van der Waals surface area contributed by atoms with E-state index in [1.807, 2.05) is 18.2 Å². The van der Waals surface area contributed by atoms with E-state index in [0.717, 1.165) is 5.75 Å². The molecule has 0 aliphatic carbocycles. The number of phenolic OH excluding ortho intramolecular Hbond substituents is 1. The normalized spacial score (nSPS) is 15.0. The van der Waals surface area contributed by atoms with Crippen molar-refractivity contribution in [3.8, 4) is 11.5 Å². The lowest BCUT2D eigenvalue weighted by Crippen LogP contribution is -2.56. The van der Waals surface area contributed by atoms with E-state index in [4.69, 9.17) is 4.74 Å². The third-order valence-corrected chi connectivity index (χ3v) is 4.22. The van der Waals surface area contributed by atoms with Crippen LogP contribution < -0.4 is 4.74 Å². The third kappa shape index (κ3) is 3.37. The van der Waals surface area contributed by atoms with E-state index in [-0.39, 0.29) is 23.2 Å². The highest BCUT2D eigenvalue weighted by Gasteiger charge is 2.33. The highest BCUT2D eigenvalue weighted by molar-refractivity contribution is 5.95. The molecule has 24 heavy (non-hydrogen) atoms. The van der Waals surface area contributed by atoms with E-state index < -0.39 is 0 Å². The molecule has 4 heteroatoms. The predicted octanol–water partition coefficient (Wildman–Crippen LogP) is 3.59. The Morgan fingerprint density at radius 1 is 1.12 bits per heavy atom. The van der Waals surface area contributed by atoms with Crippen molar-refractivity contribution in [3.63, 3.8) is 0 Å². The van der Waals surface area contributed by atoms with Gasteiger partial charge in [-0.05, 0) is 35.2 Å². The summed E-state index contributed by atoms with van der Waals surface area (Å²) in [7, 11) is 0. The van der Waals surface area contributed by atoms with Crippen molar-refractivity contribution >= 4 is 5.91 Å². The van der Waals surface area contributed by atoms with Gasteiger partial charge in [-0.3, -0.25) is 4.79 Å². The minimum atomic E-state index is -0.0742. The van der Waals surface area contributed by atoms with E-state index in [0.29, 0.717) is 18.7 Å². The molecule has 0 unspecified atom stereocenters. The fraction of sp³-hybridized carbons (Fsp3) is 0.350. The van der Waals surface area contributed by atoms with Crippen LogP contribution in [0.1, 0.15) is 36.7 Å². The molecule has 0 radical (unpaired) electrons. The zero-order chi connectivity index (χ0) is 17.3. The Balaban J connectivity index is 1.63. The summed E-state index contributed by atoms with van der Waals surface area (Å²) >= 11 is 0. The molecule has 1 amide bonds. The van der Waals surface area contributed by atoms with Crippen LogP contribution in [0.4, 0.5) is 0 Å². The highest BCUT2D eigenvalue weighted by Crippen LogP contribution is 2.32. The summed E-state index contributed by atoms with van der Waals surface area (Å²) in [6, 6.07) is 14.5. The SMILES string of the molecule is CC(C)(C)c1ccccc1OC1CN(C(=O)c2cccc(O)c2)C1. The van der Waals surface area contributed by atoms with Gasteiger partial charge in [-0.2, -0.15) is 0 Å². The molecular weight excluding hydrogens is 302 g/mol. The minimum absolute atomic E-state index is 0.00904. The van der Waals surface area contributed by atoms with Gasteiger partial charge in [-0.15, -0.1) is 0 Å². The number of para-hydroxylation sites is 1.